The average molecular weight is 581 g/mol. The van der Waals surface area contributed by atoms with Crippen LogP contribution in [0.4, 0.5) is 10.6 Å². The molecular weight excluding hydrogens is 536 g/mol. The molecular formula is C32H44N4O6. The fourth-order valence-electron chi connectivity index (χ4n) is 4.38. The Morgan fingerprint density at radius 1 is 1.07 bits per heavy atom. The third-order valence-electron chi connectivity index (χ3n) is 6.49. The molecule has 1 unspecified atom stereocenters. The molecule has 0 aliphatic heterocycles. The molecule has 2 aromatic heterocycles. The van der Waals surface area contributed by atoms with Gasteiger partial charge in [0, 0.05) is 38.5 Å². The molecule has 1 aliphatic carbocycles. The fourth-order valence-corrected chi connectivity index (χ4v) is 4.38. The van der Waals surface area contributed by atoms with Crippen LogP contribution >= 0.6 is 0 Å². The van der Waals surface area contributed by atoms with E-state index in [1.54, 1.807) is 50.3 Å². The smallest absolute Gasteiger partial charge is 0.410 e. The summed E-state index contributed by atoms with van der Waals surface area (Å²) >= 11 is 0. The van der Waals surface area contributed by atoms with Crippen molar-refractivity contribution in [1.29, 1.82) is 0 Å². The molecule has 2 amide bonds. The zero-order valence-corrected chi connectivity index (χ0v) is 25.6. The summed E-state index contributed by atoms with van der Waals surface area (Å²) in [6.07, 6.45) is 10.6. The number of rotatable bonds is 13. The number of pyridine rings is 2. The number of hydrogen-bond donors (Lipinski definition) is 1. The van der Waals surface area contributed by atoms with Gasteiger partial charge in [-0.3, -0.25) is 4.79 Å². The van der Waals surface area contributed by atoms with Crippen molar-refractivity contribution in [2.24, 2.45) is 5.92 Å². The molecule has 2 aromatic rings. The highest BCUT2D eigenvalue weighted by Crippen LogP contribution is 2.28. The Bertz CT molecular complexity index is 1240. The van der Waals surface area contributed by atoms with Gasteiger partial charge >= 0.3 is 12.1 Å². The fraction of sp³-hybridized carbons (Fsp3) is 0.531. The van der Waals surface area contributed by atoms with Crippen LogP contribution in [0.5, 0.6) is 0 Å². The third-order valence-corrected chi connectivity index (χ3v) is 6.49. The highest BCUT2D eigenvalue weighted by Gasteiger charge is 2.29. The number of aromatic nitrogens is 2. The van der Waals surface area contributed by atoms with Crippen LogP contribution in [0.3, 0.4) is 0 Å². The lowest BCUT2D eigenvalue weighted by Gasteiger charge is -2.24. The Morgan fingerprint density at radius 2 is 1.83 bits per heavy atom. The van der Waals surface area contributed by atoms with Gasteiger partial charge in [-0.15, -0.1) is 0 Å². The summed E-state index contributed by atoms with van der Waals surface area (Å²) in [6.45, 7) is 11.0. The number of nitrogens with zero attached hydrogens (tertiary/aromatic N) is 3. The maximum atomic E-state index is 12.9. The second-order valence-electron chi connectivity index (χ2n) is 11.8. The molecule has 1 aliphatic rings. The van der Waals surface area contributed by atoms with Crippen LogP contribution in [-0.2, 0) is 31.8 Å². The summed E-state index contributed by atoms with van der Waals surface area (Å²) in [4.78, 5) is 47.2. The topological polar surface area (TPSA) is 120 Å². The second-order valence-corrected chi connectivity index (χ2v) is 11.8. The van der Waals surface area contributed by atoms with Crippen LogP contribution in [0.1, 0.15) is 81.1 Å². The van der Waals surface area contributed by atoms with E-state index >= 15 is 0 Å². The van der Waals surface area contributed by atoms with Crippen molar-refractivity contribution in [1.82, 2.24) is 14.9 Å². The van der Waals surface area contributed by atoms with E-state index in [-0.39, 0.29) is 29.7 Å². The Kier molecular flexibility index (Phi) is 12.0. The lowest BCUT2D eigenvalue weighted by atomic mass is 10.1. The van der Waals surface area contributed by atoms with Gasteiger partial charge in [0.05, 0.1) is 12.7 Å². The standard InChI is InChI=1S/C32H44N4O6/c1-22(2)41-30(38)27-19-24-17-25(18-26(24)21-33-27)29(37)35-28-13-12-23(20-34-28)11-10-16-40-15-9-7-8-14-36(6)31(39)42-32(3,4)5/h10-13,19-22,25H,7-9,14-18H2,1-6H3,(H,34,35,37)/b11-10+. The number of anilines is 1. The predicted octanol–water partition coefficient (Wildman–Crippen LogP) is 5.46. The van der Waals surface area contributed by atoms with Crippen molar-refractivity contribution >= 4 is 29.9 Å². The minimum atomic E-state index is -0.484. The molecule has 0 radical (unpaired) electrons. The van der Waals surface area contributed by atoms with E-state index in [9.17, 15) is 14.4 Å². The largest absolute Gasteiger partial charge is 0.458 e. The predicted molar refractivity (Wildman–Crippen MR) is 161 cm³/mol. The molecule has 3 rings (SSSR count). The summed E-state index contributed by atoms with van der Waals surface area (Å²) in [5, 5.41) is 2.89. The number of esters is 1. The third kappa shape index (κ3) is 10.9. The van der Waals surface area contributed by atoms with Crippen LogP contribution in [-0.4, -0.2) is 71.3 Å². The van der Waals surface area contributed by atoms with Gasteiger partial charge in [-0.25, -0.2) is 19.6 Å². The van der Waals surface area contributed by atoms with Crippen molar-refractivity contribution in [2.75, 3.05) is 32.1 Å². The normalized spacial score (nSPS) is 14.6. The van der Waals surface area contributed by atoms with E-state index in [1.807, 2.05) is 39.0 Å². The van der Waals surface area contributed by atoms with Gasteiger partial charge in [0.2, 0.25) is 5.91 Å². The van der Waals surface area contributed by atoms with E-state index in [4.69, 9.17) is 14.2 Å². The molecule has 0 saturated heterocycles. The number of carbonyl (C=O) groups is 3. The minimum Gasteiger partial charge on any atom is -0.458 e. The van der Waals surface area contributed by atoms with Crippen molar-refractivity contribution in [3.8, 4) is 0 Å². The summed E-state index contributed by atoms with van der Waals surface area (Å²) in [5.74, 6) is -0.329. The van der Waals surface area contributed by atoms with Gasteiger partial charge in [0.15, 0.2) is 0 Å². The van der Waals surface area contributed by atoms with Crippen molar-refractivity contribution < 1.29 is 28.6 Å². The molecule has 0 bridgehead atoms. The lowest BCUT2D eigenvalue weighted by Crippen LogP contribution is -2.34. The Balaban J connectivity index is 1.32. The maximum absolute atomic E-state index is 12.9. The van der Waals surface area contributed by atoms with Gasteiger partial charge in [-0.05, 0) is 102 Å². The first kappa shape index (κ1) is 32.7. The Morgan fingerprint density at radius 3 is 2.52 bits per heavy atom. The molecule has 0 spiro atoms. The maximum Gasteiger partial charge on any atom is 0.410 e. The highest BCUT2D eigenvalue weighted by molar-refractivity contribution is 5.93. The van der Waals surface area contributed by atoms with Gasteiger partial charge < -0.3 is 24.4 Å². The van der Waals surface area contributed by atoms with Crippen LogP contribution in [0, 0.1) is 5.92 Å². The summed E-state index contributed by atoms with van der Waals surface area (Å²) in [7, 11) is 1.75. The Labute approximate surface area is 248 Å². The molecule has 10 heteroatoms. The van der Waals surface area contributed by atoms with Crippen molar-refractivity contribution in [3.05, 3.63) is 59.1 Å². The first-order valence-electron chi connectivity index (χ1n) is 14.6. The number of unbranched alkanes of at least 4 members (excludes halogenated alkanes) is 2. The molecule has 0 aromatic carbocycles. The lowest BCUT2D eigenvalue weighted by molar-refractivity contribution is -0.119. The Hall–Kier alpha value is -3.79. The molecule has 0 saturated carbocycles. The molecule has 42 heavy (non-hydrogen) atoms. The molecule has 1 N–H and O–H groups in total. The number of ether oxygens (including phenoxy) is 3. The summed E-state index contributed by atoms with van der Waals surface area (Å²) in [5.41, 5.74) is 2.60. The van der Waals surface area contributed by atoms with Crippen molar-refractivity contribution in [3.63, 3.8) is 0 Å². The van der Waals surface area contributed by atoms with E-state index in [1.165, 1.54) is 0 Å². The van der Waals surface area contributed by atoms with Gasteiger partial charge in [-0.1, -0.05) is 12.2 Å². The molecule has 10 nitrogen and oxygen atoms in total. The molecule has 0 fully saturated rings. The number of carbonyl (C=O) groups excluding carboxylic acids is 3. The number of hydrogen-bond acceptors (Lipinski definition) is 8. The van der Waals surface area contributed by atoms with Crippen LogP contribution in [0.25, 0.3) is 6.08 Å². The summed E-state index contributed by atoms with van der Waals surface area (Å²) in [6, 6.07) is 5.39. The zero-order valence-electron chi connectivity index (χ0n) is 25.6. The second kappa shape index (κ2) is 15.4. The van der Waals surface area contributed by atoms with Crippen LogP contribution in [0.15, 0.2) is 36.7 Å². The van der Waals surface area contributed by atoms with E-state index < -0.39 is 11.6 Å². The van der Waals surface area contributed by atoms with E-state index in [2.05, 4.69) is 15.3 Å². The SMILES string of the molecule is CC(C)OC(=O)c1cc2c(cn1)CC(C(=O)Nc1ccc(/C=C/COCCCCCN(C)C(=O)OC(C)(C)C)cn1)C2. The van der Waals surface area contributed by atoms with Gasteiger partial charge in [-0.2, -0.15) is 0 Å². The van der Waals surface area contributed by atoms with E-state index in [0.29, 0.717) is 38.4 Å². The summed E-state index contributed by atoms with van der Waals surface area (Å²) < 4.78 is 16.2. The monoisotopic (exact) mass is 580 g/mol. The minimum absolute atomic E-state index is 0.113. The number of fused-ring (bicyclic) bond motifs is 1. The van der Waals surface area contributed by atoms with Crippen LogP contribution in [0.2, 0.25) is 0 Å². The molecule has 1 atom stereocenters. The van der Waals surface area contributed by atoms with Crippen LogP contribution < -0.4 is 5.32 Å². The first-order chi connectivity index (χ1) is 19.9. The van der Waals surface area contributed by atoms with Gasteiger partial charge in [0.1, 0.15) is 17.1 Å². The molecule has 2 heterocycles. The first-order valence-corrected chi connectivity index (χ1v) is 14.6. The quantitative estimate of drug-likeness (QED) is 0.245. The average Bonchev–Trinajstić information content (AvgIpc) is 3.35. The zero-order chi connectivity index (χ0) is 30.7. The van der Waals surface area contributed by atoms with Crippen molar-refractivity contribution in [2.45, 2.75) is 78.4 Å². The highest BCUT2D eigenvalue weighted by atomic mass is 16.6. The number of nitrogens with one attached hydrogen (secondary N) is 1. The molecule has 228 valence electrons. The van der Waals surface area contributed by atoms with Gasteiger partial charge in [0.25, 0.3) is 0 Å². The number of amides is 2. The van der Waals surface area contributed by atoms with E-state index in [0.717, 1.165) is 36.0 Å².